The first-order valence-corrected chi connectivity index (χ1v) is 7.77. The Balaban J connectivity index is 0.00000529. The van der Waals surface area contributed by atoms with Gasteiger partial charge in [0.1, 0.15) is 5.82 Å². The molecule has 0 aliphatic heterocycles. The standard InChI is InChI=1S/C17H25FN4O.HI/c1-13(2)6-8-23-9-7-21-17(20-3)22-12-15-10-14(11-19)4-5-16(15)18;/h4-5,10,13H,6-9,12H2,1-3H3,(H2,20,21,22);1H. The van der Waals surface area contributed by atoms with Gasteiger partial charge in [0, 0.05) is 32.3 Å². The molecule has 0 spiro atoms. The van der Waals surface area contributed by atoms with Crippen LogP contribution in [0.15, 0.2) is 23.2 Å². The van der Waals surface area contributed by atoms with E-state index < -0.39 is 0 Å². The number of rotatable bonds is 8. The summed E-state index contributed by atoms with van der Waals surface area (Å²) in [6.45, 7) is 6.54. The number of nitrogens with zero attached hydrogens (tertiary/aromatic N) is 2. The van der Waals surface area contributed by atoms with Crippen molar-refractivity contribution >= 4 is 29.9 Å². The SMILES string of the molecule is CN=C(NCCOCCC(C)C)NCc1cc(C#N)ccc1F.I. The van der Waals surface area contributed by atoms with E-state index in [1.165, 1.54) is 18.2 Å². The highest BCUT2D eigenvalue weighted by atomic mass is 127. The minimum atomic E-state index is -0.344. The van der Waals surface area contributed by atoms with Gasteiger partial charge in [-0.3, -0.25) is 4.99 Å². The zero-order valence-electron chi connectivity index (χ0n) is 14.4. The maximum Gasteiger partial charge on any atom is 0.191 e. The minimum Gasteiger partial charge on any atom is -0.380 e. The van der Waals surface area contributed by atoms with Gasteiger partial charge in [-0.15, -0.1) is 24.0 Å². The molecule has 134 valence electrons. The Bertz CT molecular complexity index is 558. The van der Waals surface area contributed by atoms with Crippen LogP contribution in [0, 0.1) is 23.1 Å². The predicted molar refractivity (Wildman–Crippen MR) is 105 cm³/mol. The summed E-state index contributed by atoms with van der Waals surface area (Å²) in [4.78, 5) is 4.07. The average molecular weight is 448 g/mol. The Kier molecular flexibility index (Phi) is 12.2. The first kappa shape index (κ1) is 22.6. The lowest BCUT2D eigenvalue weighted by Gasteiger charge is -2.13. The number of guanidine groups is 1. The molecule has 7 heteroatoms. The Morgan fingerprint density at radius 2 is 2.08 bits per heavy atom. The van der Waals surface area contributed by atoms with Crippen molar-refractivity contribution in [3.8, 4) is 6.07 Å². The van der Waals surface area contributed by atoms with Crippen LogP contribution in [-0.4, -0.2) is 32.8 Å². The second kappa shape index (κ2) is 13.0. The molecule has 1 aromatic carbocycles. The normalized spacial score (nSPS) is 10.9. The topological polar surface area (TPSA) is 69.4 Å². The molecule has 0 saturated heterocycles. The molecule has 0 aliphatic carbocycles. The van der Waals surface area contributed by atoms with Crippen molar-refractivity contribution in [2.75, 3.05) is 26.8 Å². The van der Waals surface area contributed by atoms with Crippen LogP contribution in [0.4, 0.5) is 4.39 Å². The first-order valence-electron chi connectivity index (χ1n) is 7.77. The molecule has 1 rings (SSSR count). The van der Waals surface area contributed by atoms with E-state index in [0.717, 1.165) is 13.0 Å². The number of ether oxygens (including phenoxy) is 1. The molecule has 2 N–H and O–H groups in total. The Labute approximate surface area is 160 Å². The molecule has 0 fully saturated rings. The maximum atomic E-state index is 13.7. The molecule has 5 nitrogen and oxygen atoms in total. The van der Waals surface area contributed by atoms with Gasteiger partial charge in [-0.25, -0.2) is 4.39 Å². The van der Waals surface area contributed by atoms with Crippen molar-refractivity contribution in [2.45, 2.75) is 26.8 Å². The minimum absolute atomic E-state index is 0. The van der Waals surface area contributed by atoms with Crippen molar-refractivity contribution in [3.63, 3.8) is 0 Å². The van der Waals surface area contributed by atoms with Gasteiger partial charge in [-0.05, 0) is 30.5 Å². The molecular formula is C17H26FIN4O. The largest absolute Gasteiger partial charge is 0.380 e. The first-order chi connectivity index (χ1) is 11.1. The van der Waals surface area contributed by atoms with Crippen LogP contribution in [0.1, 0.15) is 31.4 Å². The number of hydrogen-bond acceptors (Lipinski definition) is 3. The van der Waals surface area contributed by atoms with Crippen LogP contribution in [0.5, 0.6) is 0 Å². The van der Waals surface area contributed by atoms with E-state index in [-0.39, 0.29) is 36.3 Å². The van der Waals surface area contributed by atoms with Crippen molar-refractivity contribution in [1.29, 1.82) is 5.26 Å². The number of hydrogen-bond donors (Lipinski definition) is 2. The highest BCUT2D eigenvalue weighted by molar-refractivity contribution is 14.0. The molecule has 0 bridgehead atoms. The molecule has 0 saturated carbocycles. The highest BCUT2D eigenvalue weighted by Crippen LogP contribution is 2.09. The molecule has 1 aromatic rings. The van der Waals surface area contributed by atoms with E-state index in [0.29, 0.717) is 36.2 Å². The Morgan fingerprint density at radius 3 is 2.71 bits per heavy atom. The summed E-state index contributed by atoms with van der Waals surface area (Å²) in [6.07, 6.45) is 1.04. The highest BCUT2D eigenvalue weighted by Gasteiger charge is 2.05. The smallest absolute Gasteiger partial charge is 0.191 e. The third-order valence-electron chi connectivity index (χ3n) is 3.22. The molecule has 0 heterocycles. The van der Waals surface area contributed by atoms with Gasteiger partial charge in [0.2, 0.25) is 0 Å². The fourth-order valence-electron chi connectivity index (χ4n) is 1.84. The van der Waals surface area contributed by atoms with Crippen molar-refractivity contribution in [2.24, 2.45) is 10.9 Å². The van der Waals surface area contributed by atoms with Crippen LogP contribution in [0.25, 0.3) is 0 Å². The van der Waals surface area contributed by atoms with Gasteiger partial charge in [0.15, 0.2) is 5.96 Å². The summed E-state index contributed by atoms with van der Waals surface area (Å²) in [5, 5.41) is 15.0. The summed E-state index contributed by atoms with van der Waals surface area (Å²) in [5.74, 6) is 0.861. The number of benzene rings is 1. The van der Waals surface area contributed by atoms with Crippen LogP contribution >= 0.6 is 24.0 Å². The summed E-state index contributed by atoms with van der Waals surface area (Å²) in [6, 6.07) is 6.29. The van der Waals surface area contributed by atoms with Crippen molar-refractivity contribution in [1.82, 2.24) is 10.6 Å². The van der Waals surface area contributed by atoms with E-state index in [1.54, 1.807) is 7.05 Å². The third kappa shape index (κ3) is 9.03. The molecule has 0 aliphatic rings. The summed E-state index contributed by atoms with van der Waals surface area (Å²) < 4.78 is 19.2. The monoisotopic (exact) mass is 448 g/mol. The van der Waals surface area contributed by atoms with Crippen LogP contribution in [0.3, 0.4) is 0 Å². The van der Waals surface area contributed by atoms with Gasteiger partial charge >= 0.3 is 0 Å². The fraction of sp³-hybridized carbons (Fsp3) is 0.529. The van der Waals surface area contributed by atoms with Gasteiger partial charge in [-0.1, -0.05) is 13.8 Å². The zero-order valence-corrected chi connectivity index (χ0v) is 16.8. The molecule has 0 radical (unpaired) electrons. The van der Waals surface area contributed by atoms with E-state index in [9.17, 15) is 4.39 Å². The van der Waals surface area contributed by atoms with Crippen molar-refractivity contribution in [3.05, 3.63) is 35.1 Å². The lowest BCUT2D eigenvalue weighted by atomic mass is 10.1. The number of nitrogens with one attached hydrogen (secondary N) is 2. The van der Waals surface area contributed by atoms with Crippen LogP contribution in [-0.2, 0) is 11.3 Å². The lowest BCUT2D eigenvalue weighted by molar-refractivity contribution is 0.128. The van der Waals surface area contributed by atoms with Crippen molar-refractivity contribution < 1.29 is 9.13 Å². The Morgan fingerprint density at radius 1 is 1.33 bits per heavy atom. The molecule has 24 heavy (non-hydrogen) atoms. The van der Waals surface area contributed by atoms with E-state index >= 15 is 0 Å². The molecular weight excluding hydrogens is 422 g/mol. The molecule has 0 aromatic heterocycles. The number of nitriles is 1. The molecule has 0 atom stereocenters. The average Bonchev–Trinajstić information content (AvgIpc) is 2.54. The number of halogens is 2. The second-order valence-electron chi connectivity index (χ2n) is 5.57. The predicted octanol–water partition coefficient (Wildman–Crippen LogP) is 3.04. The van der Waals surface area contributed by atoms with E-state index in [2.05, 4.69) is 29.5 Å². The molecule has 0 amide bonds. The maximum absolute atomic E-state index is 13.7. The zero-order chi connectivity index (χ0) is 17.1. The summed E-state index contributed by atoms with van der Waals surface area (Å²) >= 11 is 0. The van der Waals surface area contributed by atoms with Gasteiger partial charge < -0.3 is 15.4 Å². The quantitative estimate of drug-likeness (QED) is 0.278. The summed E-state index contributed by atoms with van der Waals surface area (Å²) in [7, 11) is 1.65. The van der Waals surface area contributed by atoms with Crippen LogP contribution in [0.2, 0.25) is 0 Å². The fourth-order valence-corrected chi connectivity index (χ4v) is 1.84. The third-order valence-corrected chi connectivity index (χ3v) is 3.22. The van der Waals surface area contributed by atoms with Gasteiger partial charge in [0.25, 0.3) is 0 Å². The van der Waals surface area contributed by atoms with Gasteiger partial charge in [0.05, 0.1) is 18.2 Å². The second-order valence-corrected chi connectivity index (χ2v) is 5.57. The van der Waals surface area contributed by atoms with E-state index in [4.69, 9.17) is 10.00 Å². The summed E-state index contributed by atoms with van der Waals surface area (Å²) in [5.41, 5.74) is 0.866. The Hall–Kier alpha value is -1.40. The number of aliphatic imine (C=N–C) groups is 1. The van der Waals surface area contributed by atoms with E-state index in [1.807, 2.05) is 6.07 Å². The van der Waals surface area contributed by atoms with Crippen LogP contribution < -0.4 is 10.6 Å². The lowest BCUT2D eigenvalue weighted by Crippen LogP contribution is -2.38. The molecule has 0 unspecified atom stereocenters. The van der Waals surface area contributed by atoms with Gasteiger partial charge in [-0.2, -0.15) is 5.26 Å².